The van der Waals surface area contributed by atoms with Gasteiger partial charge in [0, 0.05) is 10.9 Å². The first kappa shape index (κ1) is 16.1. The monoisotopic (exact) mass is 341 g/mol. The van der Waals surface area contributed by atoms with Crippen molar-refractivity contribution in [2.24, 2.45) is 5.16 Å². The van der Waals surface area contributed by atoms with E-state index in [0.29, 0.717) is 0 Å². The molecule has 0 bridgehead atoms. The molecule has 0 aliphatic rings. The Morgan fingerprint density at radius 2 is 1.65 bits per heavy atom. The van der Waals surface area contributed by atoms with Gasteiger partial charge in [-0.15, -0.1) is 0 Å². The van der Waals surface area contributed by atoms with Crippen molar-refractivity contribution in [3.8, 4) is 11.3 Å². The van der Waals surface area contributed by atoms with Gasteiger partial charge in [0.2, 0.25) is 0 Å². The second-order valence-corrected chi connectivity index (χ2v) is 6.05. The SMILES string of the molecule is CO/N=C\c1ccc(-c2nn(Cc3ccccc3)c3ccccc23)cc1. The maximum atomic E-state index is 4.91. The maximum Gasteiger partial charge on any atom is 0.106 e. The van der Waals surface area contributed by atoms with E-state index in [0.717, 1.165) is 34.3 Å². The molecule has 0 aliphatic carbocycles. The molecule has 1 heterocycles. The molecule has 4 aromatic rings. The van der Waals surface area contributed by atoms with Crippen LogP contribution in [0.4, 0.5) is 0 Å². The Hall–Kier alpha value is -3.40. The van der Waals surface area contributed by atoms with Crippen molar-refractivity contribution >= 4 is 17.1 Å². The van der Waals surface area contributed by atoms with Crippen LogP contribution < -0.4 is 0 Å². The third-order valence-electron chi connectivity index (χ3n) is 4.32. The number of hydrogen-bond donors (Lipinski definition) is 0. The van der Waals surface area contributed by atoms with E-state index in [1.807, 2.05) is 18.2 Å². The Labute approximate surface area is 152 Å². The molecule has 3 aromatic carbocycles. The average molecular weight is 341 g/mol. The van der Waals surface area contributed by atoms with Crippen molar-refractivity contribution in [3.63, 3.8) is 0 Å². The summed E-state index contributed by atoms with van der Waals surface area (Å²) in [7, 11) is 1.54. The molecular weight excluding hydrogens is 322 g/mol. The molecular formula is C22H19N3O. The minimum atomic E-state index is 0.750. The summed E-state index contributed by atoms with van der Waals surface area (Å²) in [6.07, 6.45) is 1.69. The van der Waals surface area contributed by atoms with Crippen LogP contribution in [0.15, 0.2) is 84.0 Å². The normalized spacial score (nSPS) is 11.3. The summed E-state index contributed by atoms with van der Waals surface area (Å²) < 4.78 is 2.07. The largest absolute Gasteiger partial charge is 0.399 e. The van der Waals surface area contributed by atoms with Gasteiger partial charge in [-0.25, -0.2) is 0 Å². The molecule has 0 unspecified atom stereocenters. The molecule has 0 atom stereocenters. The second-order valence-electron chi connectivity index (χ2n) is 6.05. The highest BCUT2D eigenvalue weighted by molar-refractivity contribution is 5.93. The summed E-state index contributed by atoms with van der Waals surface area (Å²) in [6.45, 7) is 0.750. The molecule has 4 nitrogen and oxygen atoms in total. The highest BCUT2D eigenvalue weighted by Crippen LogP contribution is 2.28. The second kappa shape index (κ2) is 7.23. The topological polar surface area (TPSA) is 39.4 Å². The molecule has 4 rings (SSSR count). The van der Waals surface area contributed by atoms with Crippen molar-refractivity contribution in [1.29, 1.82) is 0 Å². The van der Waals surface area contributed by atoms with Crippen molar-refractivity contribution in [1.82, 2.24) is 9.78 Å². The van der Waals surface area contributed by atoms with E-state index in [9.17, 15) is 0 Å². The number of para-hydroxylation sites is 1. The number of benzene rings is 3. The molecule has 0 aliphatic heterocycles. The van der Waals surface area contributed by atoms with Crippen molar-refractivity contribution in [2.75, 3.05) is 7.11 Å². The predicted molar refractivity (Wildman–Crippen MR) is 105 cm³/mol. The highest BCUT2D eigenvalue weighted by atomic mass is 16.6. The fourth-order valence-corrected chi connectivity index (χ4v) is 3.06. The average Bonchev–Trinajstić information content (AvgIpc) is 3.06. The van der Waals surface area contributed by atoms with Crippen LogP contribution in [0.25, 0.3) is 22.2 Å². The lowest BCUT2D eigenvalue weighted by molar-refractivity contribution is 0.215. The molecule has 26 heavy (non-hydrogen) atoms. The number of aromatic nitrogens is 2. The van der Waals surface area contributed by atoms with Gasteiger partial charge in [-0.3, -0.25) is 4.68 Å². The fraction of sp³-hybridized carbons (Fsp3) is 0.0909. The van der Waals surface area contributed by atoms with Gasteiger partial charge in [-0.2, -0.15) is 5.10 Å². The molecule has 0 saturated carbocycles. The minimum absolute atomic E-state index is 0.750. The molecule has 4 heteroatoms. The van der Waals surface area contributed by atoms with Crippen LogP contribution in [0.2, 0.25) is 0 Å². The maximum absolute atomic E-state index is 4.91. The molecule has 0 saturated heterocycles. The lowest BCUT2D eigenvalue weighted by atomic mass is 10.1. The van der Waals surface area contributed by atoms with E-state index < -0.39 is 0 Å². The van der Waals surface area contributed by atoms with Crippen LogP contribution in [0.1, 0.15) is 11.1 Å². The number of oxime groups is 1. The third kappa shape index (κ3) is 3.22. The van der Waals surface area contributed by atoms with E-state index in [1.165, 1.54) is 12.7 Å². The summed E-state index contributed by atoms with van der Waals surface area (Å²) in [5.74, 6) is 0. The molecule has 0 fully saturated rings. The number of hydrogen-bond acceptors (Lipinski definition) is 3. The fourth-order valence-electron chi connectivity index (χ4n) is 3.06. The first-order valence-corrected chi connectivity index (χ1v) is 8.51. The summed E-state index contributed by atoms with van der Waals surface area (Å²) in [5, 5.41) is 9.86. The van der Waals surface area contributed by atoms with Crippen LogP contribution in [0.5, 0.6) is 0 Å². The first-order valence-electron chi connectivity index (χ1n) is 8.51. The van der Waals surface area contributed by atoms with Gasteiger partial charge < -0.3 is 4.84 Å². The third-order valence-corrected chi connectivity index (χ3v) is 4.32. The molecule has 1 aromatic heterocycles. The summed E-state index contributed by atoms with van der Waals surface area (Å²) in [4.78, 5) is 4.73. The first-order chi connectivity index (χ1) is 12.8. The van der Waals surface area contributed by atoms with E-state index >= 15 is 0 Å². The zero-order valence-electron chi connectivity index (χ0n) is 14.5. The Kier molecular flexibility index (Phi) is 4.48. The Morgan fingerprint density at radius 3 is 2.42 bits per heavy atom. The molecule has 128 valence electrons. The summed E-state index contributed by atoms with van der Waals surface area (Å²) in [5.41, 5.74) is 5.44. The molecule has 0 spiro atoms. The zero-order chi connectivity index (χ0) is 17.8. The van der Waals surface area contributed by atoms with Crippen molar-refractivity contribution < 1.29 is 4.84 Å². The van der Waals surface area contributed by atoms with Gasteiger partial charge in [-0.05, 0) is 17.2 Å². The summed E-state index contributed by atoms with van der Waals surface area (Å²) in [6, 6.07) is 26.9. The lowest BCUT2D eigenvalue weighted by Gasteiger charge is -2.03. The van der Waals surface area contributed by atoms with Gasteiger partial charge in [0.05, 0.1) is 18.3 Å². The van der Waals surface area contributed by atoms with Crippen molar-refractivity contribution in [2.45, 2.75) is 6.54 Å². The smallest absolute Gasteiger partial charge is 0.106 e. The van der Waals surface area contributed by atoms with Gasteiger partial charge in [0.25, 0.3) is 0 Å². The zero-order valence-corrected chi connectivity index (χ0v) is 14.5. The molecule has 0 amide bonds. The van der Waals surface area contributed by atoms with E-state index in [1.54, 1.807) is 6.21 Å². The number of fused-ring (bicyclic) bond motifs is 1. The van der Waals surface area contributed by atoms with Crippen molar-refractivity contribution in [3.05, 3.63) is 90.0 Å². The number of nitrogens with zero attached hydrogens (tertiary/aromatic N) is 3. The molecule has 0 N–H and O–H groups in total. The Bertz CT molecular complexity index is 1030. The predicted octanol–water partition coefficient (Wildman–Crippen LogP) is 4.73. The Balaban J connectivity index is 1.75. The quantitative estimate of drug-likeness (QED) is 0.389. The molecule has 0 radical (unpaired) electrons. The van der Waals surface area contributed by atoms with Crippen LogP contribution in [0, 0.1) is 0 Å². The van der Waals surface area contributed by atoms with E-state index in [4.69, 9.17) is 9.94 Å². The highest BCUT2D eigenvalue weighted by Gasteiger charge is 2.12. The lowest BCUT2D eigenvalue weighted by Crippen LogP contribution is -2.01. The standard InChI is InChI=1S/C22H19N3O/c1-26-23-15-17-11-13-19(14-12-17)22-20-9-5-6-10-21(20)25(24-22)16-18-7-3-2-4-8-18/h2-15H,16H2,1H3/b23-15-. The van der Waals surface area contributed by atoms with E-state index in [2.05, 4.69) is 70.5 Å². The number of rotatable bonds is 5. The van der Waals surface area contributed by atoms with Crippen LogP contribution >= 0.6 is 0 Å². The van der Waals surface area contributed by atoms with Crippen LogP contribution in [-0.2, 0) is 11.4 Å². The van der Waals surface area contributed by atoms with E-state index in [-0.39, 0.29) is 0 Å². The summed E-state index contributed by atoms with van der Waals surface area (Å²) >= 11 is 0. The van der Waals surface area contributed by atoms with Gasteiger partial charge in [-0.1, -0.05) is 78.0 Å². The minimum Gasteiger partial charge on any atom is -0.399 e. The van der Waals surface area contributed by atoms with Gasteiger partial charge >= 0.3 is 0 Å². The Morgan fingerprint density at radius 1 is 0.923 bits per heavy atom. The van der Waals surface area contributed by atoms with Crippen LogP contribution in [0.3, 0.4) is 0 Å². The van der Waals surface area contributed by atoms with Gasteiger partial charge in [0.1, 0.15) is 12.8 Å². The van der Waals surface area contributed by atoms with Crippen LogP contribution in [-0.4, -0.2) is 23.1 Å². The van der Waals surface area contributed by atoms with Gasteiger partial charge in [0.15, 0.2) is 0 Å².